The summed E-state index contributed by atoms with van der Waals surface area (Å²) >= 11 is 3.59. The molecule has 1 aliphatic rings. The molecule has 8 nitrogen and oxygen atoms in total. The highest BCUT2D eigenvalue weighted by molar-refractivity contribution is 9.10. The summed E-state index contributed by atoms with van der Waals surface area (Å²) in [5, 5.41) is 2.48. The van der Waals surface area contributed by atoms with E-state index in [0.717, 1.165) is 6.04 Å². The predicted octanol–water partition coefficient (Wildman–Crippen LogP) is 9.09. The maximum atomic E-state index is 14.2. The second-order valence-electron chi connectivity index (χ2n) is 14.4. The Morgan fingerprint density at radius 3 is 2.25 bits per heavy atom. The Kier molecular flexibility index (Phi) is 13.2. The highest BCUT2D eigenvalue weighted by Crippen LogP contribution is 2.48. The molecule has 2 unspecified atom stereocenters. The molecular formula is C35H47BrF3N3O5Si. The molecule has 0 aromatic heterocycles. The Hall–Kier alpha value is -3.03. The minimum atomic E-state index is -4.39. The van der Waals surface area contributed by atoms with Crippen LogP contribution in [0.15, 0.2) is 58.0 Å². The van der Waals surface area contributed by atoms with Crippen molar-refractivity contribution in [3.8, 4) is 0 Å². The highest BCUT2D eigenvalue weighted by atomic mass is 79.9. The van der Waals surface area contributed by atoms with Crippen LogP contribution in [-0.4, -0.2) is 57.4 Å². The summed E-state index contributed by atoms with van der Waals surface area (Å²) in [7, 11) is -1.43. The van der Waals surface area contributed by atoms with Crippen LogP contribution >= 0.6 is 15.9 Å². The van der Waals surface area contributed by atoms with E-state index in [-0.39, 0.29) is 26.0 Å². The highest BCUT2D eigenvalue weighted by Gasteiger charge is 2.50. The van der Waals surface area contributed by atoms with E-state index < -0.39 is 55.6 Å². The van der Waals surface area contributed by atoms with Gasteiger partial charge in [-0.15, -0.1) is 0 Å². The molecule has 0 saturated heterocycles. The number of nitrogens with one attached hydrogen (secondary N) is 1. The van der Waals surface area contributed by atoms with E-state index in [1.807, 2.05) is 49.4 Å². The van der Waals surface area contributed by atoms with Crippen LogP contribution in [0, 0.1) is 10.8 Å². The number of alkyl carbamates (subject to hydrolysis) is 1. The van der Waals surface area contributed by atoms with E-state index in [4.69, 9.17) is 14.5 Å². The van der Waals surface area contributed by atoms with Crippen molar-refractivity contribution in [2.24, 2.45) is 15.8 Å². The van der Waals surface area contributed by atoms with Gasteiger partial charge < -0.3 is 9.47 Å². The Balaban J connectivity index is 1.99. The lowest BCUT2D eigenvalue weighted by molar-refractivity contribution is -0.161. The molecule has 2 amide bonds. The van der Waals surface area contributed by atoms with Crippen molar-refractivity contribution >= 4 is 53.4 Å². The van der Waals surface area contributed by atoms with Gasteiger partial charge in [-0.3, -0.25) is 19.8 Å². The average molecular weight is 755 g/mol. The fraction of sp³-hybridized carbons (Fsp3) is 0.543. The van der Waals surface area contributed by atoms with E-state index in [1.165, 1.54) is 4.90 Å². The number of rotatable bonds is 13. The van der Waals surface area contributed by atoms with E-state index in [9.17, 15) is 27.6 Å². The molecule has 1 N–H and O–H groups in total. The van der Waals surface area contributed by atoms with Crippen LogP contribution in [0.1, 0.15) is 70.9 Å². The number of hydrogen-bond acceptors (Lipinski definition) is 6. The molecule has 48 heavy (non-hydrogen) atoms. The summed E-state index contributed by atoms with van der Waals surface area (Å²) in [4.78, 5) is 47.5. The number of carbonyl (C=O) groups is 3. The Bertz CT molecular complexity index is 1470. The molecule has 0 radical (unpaired) electrons. The van der Waals surface area contributed by atoms with Gasteiger partial charge in [-0.25, -0.2) is 9.79 Å². The summed E-state index contributed by atoms with van der Waals surface area (Å²) in [6.45, 7) is 14.0. The first-order chi connectivity index (χ1) is 22.3. The Morgan fingerprint density at radius 2 is 1.67 bits per heavy atom. The molecule has 3 rings (SSSR count). The predicted molar refractivity (Wildman–Crippen MR) is 188 cm³/mol. The van der Waals surface area contributed by atoms with Crippen LogP contribution in [0.25, 0.3) is 0 Å². The summed E-state index contributed by atoms with van der Waals surface area (Å²) in [5.41, 5.74) is 0.0105. The van der Waals surface area contributed by atoms with Crippen LogP contribution in [0.2, 0.25) is 25.7 Å². The van der Waals surface area contributed by atoms with Crippen molar-refractivity contribution in [3.05, 3.63) is 64.1 Å². The number of fused-ring (bicyclic) bond motifs is 1. The van der Waals surface area contributed by atoms with Crippen LogP contribution in [0.4, 0.5) is 23.7 Å². The summed E-state index contributed by atoms with van der Waals surface area (Å²) in [5.74, 6) is -1.56. The third kappa shape index (κ3) is 10.2. The van der Waals surface area contributed by atoms with Crippen LogP contribution in [-0.2, 0) is 19.1 Å². The van der Waals surface area contributed by atoms with Gasteiger partial charge in [0.15, 0.2) is 0 Å². The minimum Gasteiger partial charge on any atom is -0.376 e. The summed E-state index contributed by atoms with van der Waals surface area (Å²) in [6.07, 6.45) is -7.92. The number of esters is 1. The molecule has 0 aliphatic carbocycles. The number of alkyl halides is 3. The largest absolute Gasteiger partial charge is 0.416 e. The van der Waals surface area contributed by atoms with Gasteiger partial charge in [-0.2, -0.15) is 13.2 Å². The van der Waals surface area contributed by atoms with Crippen LogP contribution in [0.5, 0.6) is 0 Å². The molecule has 0 spiro atoms. The van der Waals surface area contributed by atoms with Gasteiger partial charge in [0.05, 0.1) is 16.8 Å². The zero-order valence-corrected chi connectivity index (χ0v) is 31.4. The van der Waals surface area contributed by atoms with Crippen LogP contribution < -0.4 is 10.2 Å². The van der Waals surface area contributed by atoms with E-state index >= 15 is 0 Å². The topological polar surface area (TPSA) is 97.3 Å². The van der Waals surface area contributed by atoms with Gasteiger partial charge >= 0.3 is 18.2 Å². The van der Waals surface area contributed by atoms with Crippen molar-refractivity contribution in [3.63, 3.8) is 0 Å². The summed E-state index contributed by atoms with van der Waals surface area (Å²) < 4.78 is 51.2. The quantitative estimate of drug-likeness (QED) is 0.0953. The van der Waals surface area contributed by atoms with E-state index in [0.29, 0.717) is 40.0 Å². The zero-order chi connectivity index (χ0) is 35.9. The maximum absolute atomic E-state index is 14.2. The molecule has 0 saturated carbocycles. The first-order valence-electron chi connectivity index (χ1n) is 16.2. The first kappa shape index (κ1) is 39.4. The Labute approximate surface area is 291 Å². The normalized spacial score (nSPS) is 16.8. The van der Waals surface area contributed by atoms with Crippen molar-refractivity contribution in [2.75, 3.05) is 18.2 Å². The molecule has 0 bridgehead atoms. The van der Waals surface area contributed by atoms with Crippen molar-refractivity contribution in [1.29, 1.82) is 0 Å². The minimum absolute atomic E-state index is 0.120. The fourth-order valence-electron chi connectivity index (χ4n) is 5.80. The number of benzene rings is 2. The molecular weight excluding hydrogens is 707 g/mol. The van der Waals surface area contributed by atoms with Gasteiger partial charge in [0.1, 0.15) is 6.73 Å². The van der Waals surface area contributed by atoms with Gasteiger partial charge in [0, 0.05) is 36.7 Å². The lowest BCUT2D eigenvalue weighted by Gasteiger charge is -2.42. The second kappa shape index (κ2) is 16.1. The fourth-order valence-corrected chi connectivity index (χ4v) is 7.14. The summed E-state index contributed by atoms with van der Waals surface area (Å²) in [6, 6.07) is 15.5. The molecule has 2 atom stereocenters. The maximum Gasteiger partial charge on any atom is 0.416 e. The van der Waals surface area contributed by atoms with Gasteiger partial charge in [0.2, 0.25) is 6.17 Å². The SMILES string of the molecule is CCCC(CCCC(F)(F)F)(C(=O)OC(=O)NC1N=C(c2ccccc2)c2cccc(Br)c2N(COCC[Si](C)(C)C)C1=O)C(C)(C)C. The number of benzodiazepines with no additional fused rings is 1. The number of carbonyl (C=O) groups excluding carboxylic acids is 3. The molecule has 2 aromatic rings. The molecule has 0 fully saturated rings. The van der Waals surface area contributed by atoms with Crippen molar-refractivity contribution < 1.29 is 37.0 Å². The second-order valence-corrected chi connectivity index (χ2v) is 20.8. The number of hydrogen-bond donors (Lipinski definition) is 1. The molecule has 1 aliphatic heterocycles. The average Bonchev–Trinajstić information content (AvgIpc) is 3.08. The third-order valence-electron chi connectivity index (χ3n) is 8.54. The molecule has 1 heterocycles. The van der Waals surface area contributed by atoms with E-state index in [1.54, 1.807) is 26.8 Å². The zero-order valence-electron chi connectivity index (χ0n) is 28.8. The monoisotopic (exact) mass is 753 g/mol. The number of ether oxygens (including phenoxy) is 2. The number of anilines is 1. The number of halogens is 4. The number of amides is 2. The standard InChI is InChI=1S/C35H47BrF3N3O5Si/c1-8-18-34(33(2,3)4,19-13-20-35(37,38)39)31(44)47-32(45)41-29-30(43)42(23-46-21-22-48(5,6)7)28-25(16-12-17-26(28)36)27(40-29)24-14-10-9-11-15-24/h9-12,14-17,29H,8,13,18-23H2,1-7H3,(H,41,45). The van der Waals surface area contributed by atoms with Crippen molar-refractivity contribution in [2.45, 2.75) is 97.8 Å². The lowest BCUT2D eigenvalue weighted by atomic mass is 9.61. The first-order valence-corrected chi connectivity index (χ1v) is 20.7. The van der Waals surface area contributed by atoms with Gasteiger partial charge in [0.25, 0.3) is 5.91 Å². The molecule has 13 heteroatoms. The van der Waals surface area contributed by atoms with Crippen LogP contribution in [0.3, 0.4) is 0 Å². The molecule has 264 valence electrons. The van der Waals surface area contributed by atoms with Crippen molar-refractivity contribution in [1.82, 2.24) is 5.32 Å². The lowest BCUT2D eigenvalue weighted by Crippen LogP contribution is -2.50. The Morgan fingerprint density at radius 1 is 1.00 bits per heavy atom. The number of aliphatic imine (C=N–C) groups is 1. The molecule has 2 aromatic carbocycles. The van der Waals surface area contributed by atoms with Gasteiger partial charge in [-0.1, -0.05) is 96.2 Å². The number of para-hydroxylation sites is 1. The number of nitrogens with zero attached hydrogens (tertiary/aromatic N) is 2. The van der Waals surface area contributed by atoms with Gasteiger partial charge in [-0.05, 0) is 52.7 Å². The smallest absolute Gasteiger partial charge is 0.376 e. The third-order valence-corrected chi connectivity index (χ3v) is 10.9. The van der Waals surface area contributed by atoms with E-state index in [2.05, 4.69) is 40.9 Å².